The Balaban J connectivity index is 1.69. The van der Waals surface area contributed by atoms with Crippen molar-refractivity contribution in [2.75, 3.05) is 19.8 Å². The lowest BCUT2D eigenvalue weighted by atomic mass is 9.74. The van der Waals surface area contributed by atoms with Crippen molar-refractivity contribution in [3.63, 3.8) is 0 Å². The van der Waals surface area contributed by atoms with Gasteiger partial charge in [0.05, 0.1) is 11.8 Å². The van der Waals surface area contributed by atoms with Gasteiger partial charge in [-0.1, -0.05) is 23.7 Å². The van der Waals surface area contributed by atoms with Gasteiger partial charge in [0, 0.05) is 30.2 Å². The van der Waals surface area contributed by atoms with Crippen LogP contribution in [0, 0.1) is 11.8 Å². The minimum atomic E-state index is -0.886. The standard InChI is InChI=1S/C17H20ClNO4/c18-12-3-1-11(2-4-12)17(5-7-23-8-6-17)10-19-15(20)13-9-14(13)16(21)22/h1-4,13-14H,5-10H2,(H,19,20)(H,21,22)/t13-,14-/m0/s1. The van der Waals surface area contributed by atoms with E-state index in [1.54, 1.807) is 0 Å². The number of benzene rings is 1. The van der Waals surface area contributed by atoms with Crippen LogP contribution in [0.5, 0.6) is 0 Å². The summed E-state index contributed by atoms with van der Waals surface area (Å²) in [6, 6.07) is 7.71. The minimum Gasteiger partial charge on any atom is -0.481 e. The average molecular weight is 338 g/mol. The van der Waals surface area contributed by atoms with Crippen LogP contribution in [0.3, 0.4) is 0 Å². The van der Waals surface area contributed by atoms with E-state index in [9.17, 15) is 9.59 Å². The average Bonchev–Trinajstić information content (AvgIpc) is 3.35. The van der Waals surface area contributed by atoms with Gasteiger partial charge < -0.3 is 15.2 Å². The van der Waals surface area contributed by atoms with Crippen molar-refractivity contribution in [1.82, 2.24) is 5.32 Å². The highest BCUT2D eigenvalue weighted by Gasteiger charge is 2.48. The van der Waals surface area contributed by atoms with Gasteiger partial charge in [-0.05, 0) is 37.0 Å². The number of nitrogens with one attached hydrogen (secondary N) is 1. The van der Waals surface area contributed by atoms with E-state index in [0.29, 0.717) is 31.2 Å². The van der Waals surface area contributed by atoms with Gasteiger partial charge in [-0.15, -0.1) is 0 Å². The zero-order valence-electron chi connectivity index (χ0n) is 12.8. The lowest BCUT2D eigenvalue weighted by molar-refractivity contribution is -0.140. The maximum absolute atomic E-state index is 12.2. The molecule has 6 heteroatoms. The number of carboxylic acid groups (broad SMARTS) is 1. The van der Waals surface area contributed by atoms with Crippen molar-refractivity contribution in [2.45, 2.75) is 24.7 Å². The first-order valence-electron chi connectivity index (χ1n) is 7.86. The molecule has 0 spiro atoms. The van der Waals surface area contributed by atoms with Gasteiger partial charge in [-0.2, -0.15) is 0 Å². The van der Waals surface area contributed by atoms with E-state index >= 15 is 0 Å². The number of amides is 1. The summed E-state index contributed by atoms with van der Waals surface area (Å²) in [5.41, 5.74) is 0.961. The molecule has 0 bridgehead atoms. The van der Waals surface area contributed by atoms with Crippen molar-refractivity contribution in [1.29, 1.82) is 0 Å². The molecule has 0 unspecified atom stereocenters. The molecule has 3 rings (SSSR count). The fourth-order valence-corrected chi connectivity index (χ4v) is 3.40. The van der Waals surface area contributed by atoms with Crippen molar-refractivity contribution in [3.05, 3.63) is 34.9 Å². The summed E-state index contributed by atoms with van der Waals surface area (Å²) in [6.45, 7) is 1.80. The fourth-order valence-electron chi connectivity index (χ4n) is 3.28. The largest absolute Gasteiger partial charge is 0.481 e. The maximum atomic E-state index is 12.2. The summed E-state index contributed by atoms with van der Waals surface area (Å²) in [6.07, 6.45) is 2.09. The second-order valence-corrected chi connectivity index (χ2v) is 6.84. The molecule has 1 aromatic carbocycles. The molecule has 1 heterocycles. The number of carbonyl (C=O) groups is 2. The van der Waals surface area contributed by atoms with Crippen LogP contribution in [0.15, 0.2) is 24.3 Å². The Morgan fingerprint density at radius 1 is 1.22 bits per heavy atom. The second kappa shape index (κ2) is 6.49. The number of carbonyl (C=O) groups excluding carboxylic acids is 1. The van der Waals surface area contributed by atoms with E-state index in [4.69, 9.17) is 21.4 Å². The summed E-state index contributed by atoms with van der Waals surface area (Å²) in [7, 11) is 0. The predicted molar refractivity (Wildman–Crippen MR) is 85.4 cm³/mol. The Morgan fingerprint density at radius 2 is 1.87 bits per heavy atom. The normalized spacial score (nSPS) is 25.6. The second-order valence-electron chi connectivity index (χ2n) is 6.40. The van der Waals surface area contributed by atoms with Crippen LogP contribution in [-0.4, -0.2) is 36.7 Å². The minimum absolute atomic E-state index is 0.155. The van der Waals surface area contributed by atoms with Crippen molar-refractivity contribution >= 4 is 23.5 Å². The van der Waals surface area contributed by atoms with Gasteiger partial charge >= 0.3 is 5.97 Å². The topological polar surface area (TPSA) is 75.6 Å². The van der Waals surface area contributed by atoms with E-state index in [-0.39, 0.29) is 17.2 Å². The number of halogens is 1. The molecule has 1 amide bonds. The molecule has 23 heavy (non-hydrogen) atoms. The predicted octanol–water partition coefficient (Wildman–Crippen LogP) is 2.23. The third-order valence-electron chi connectivity index (χ3n) is 4.95. The zero-order chi connectivity index (χ0) is 16.4. The lowest BCUT2D eigenvalue weighted by Crippen LogP contribution is -2.45. The highest BCUT2D eigenvalue weighted by atomic mass is 35.5. The van der Waals surface area contributed by atoms with E-state index in [1.165, 1.54) is 0 Å². The Bertz CT molecular complexity index is 595. The molecule has 2 N–H and O–H groups in total. The number of carboxylic acids is 1. The third kappa shape index (κ3) is 3.51. The molecule has 5 nitrogen and oxygen atoms in total. The van der Waals surface area contributed by atoms with Crippen LogP contribution in [0.25, 0.3) is 0 Å². The summed E-state index contributed by atoms with van der Waals surface area (Å²) in [5.74, 6) is -1.94. The Labute approximate surface area is 140 Å². The molecule has 124 valence electrons. The van der Waals surface area contributed by atoms with Gasteiger partial charge in [0.25, 0.3) is 0 Å². The molecule has 2 fully saturated rings. The van der Waals surface area contributed by atoms with Crippen molar-refractivity contribution < 1.29 is 19.4 Å². The van der Waals surface area contributed by atoms with Crippen LogP contribution < -0.4 is 5.32 Å². The van der Waals surface area contributed by atoms with E-state index in [0.717, 1.165) is 18.4 Å². The fraction of sp³-hybridized carbons (Fsp3) is 0.529. The van der Waals surface area contributed by atoms with E-state index < -0.39 is 11.9 Å². The van der Waals surface area contributed by atoms with Crippen LogP contribution in [-0.2, 0) is 19.7 Å². The first-order chi connectivity index (χ1) is 11.0. The molecule has 1 saturated carbocycles. The molecule has 1 aliphatic heterocycles. The first kappa shape index (κ1) is 16.3. The number of hydrogen-bond donors (Lipinski definition) is 2. The third-order valence-corrected chi connectivity index (χ3v) is 5.20. The van der Waals surface area contributed by atoms with Gasteiger partial charge in [0.15, 0.2) is 0 Å². The van der Waals surface area contributed by atoms with Crippen molar-refractivity contribution in [2.24, 2.45) is 11.8 Å². The van der Waals surface area contributed by atoms with Crippen LogP contribution in [0.1, 0.15) is 24.8 Å². The summed E-state index contributed by atoms with van der Waals surface area (Å²) in [5, 5.41) is 12.6. The molecule has 1 aromatic rings. The Morgan fingerprint density at radius 3 is 2.43 bits per heavy atom. The highest BCUT2D eigenvalue weighted by molar-refractivity contribution is 6.30. The maximum Gasteiger partial charge on any atom is 0.307 e. The lowest BCUT2D eigenvalue weighted by Gasteiger charge is -2.38. The van der Waals surface area contributed by atoms with Gasteiger partial charge in [-0.25, -0.2) is 0 Å². The van der Waals surface area contributed by atoms with Crippen LogP contribution in [0.4, 0.5) is 0 Å². The molecule has 1 saturated heterocycles. The monoisotopic (exact) mass is 337 g/mol. The SMILES string of the molecule is O=C(O)[C@H]1C[C@@H]1C(=O)NCC1(c2ccc(Cl)cc2)CCOCC1. The van der Waals surface area contributed by atoms with Gasteiger partial charge in [-0.3, -0.25) is 9.59 Å². The van der Waals surface area contributed by atoms with Crippen molar-refractivity contribution in [3.8, 4) is 0 Å². The smallest absolute Gasteiger partial charge is 0.307 e. The molecule has 0 radical (unpaired) electrons. The number of hydrogen-bond acceptors (Lipinski definition) is 3. The quantitative estimate of drug-likeness (QED) is 0.864. The Kier molecular flexibility index (Phi) is 4.60. The molecule has 2 aliphatic rings. The van der Waals surface area contributed by atoms with Gasteiger partial charge in [0.1, 0.15) is 0 Å². The number of ether oxygens (including phenoxy) is 1. The van der Waals surface area contributed by atoms with Crippen LogP contribution >= 0.6 is 11.6 Å². The van der Waals surface area contributed by atoms with E-state index in [1.807, 2.05) is 24.3 Å². The van der Waals surface area contributed by atoms with E-state index in [2.05, 4.69) is 5.32 Å². The molecule has 0 aromatic heterocycles. The summed E-state index contributed by atoms with van der Waals surface area (Å²) < 4.78 is 5.47. The first-order valence-corrected chi connectivity index (χ1v) is 8.24. The van der Waals surface area contributed by atoms with Gasteiger partial charge in [0.2, 0.25) is 5.91 Å². The van der Waals surface area contributed by atoms with Crippen LogP contribution in [0.2, 0.25) is 5.02 Å². The summed E-state index contributed by atoms with van der Waals surface area (Å²) >= 11 is 5.97. The Hall–Kier alpha value is -1.59. The number of aliphatic carboxylic acids is 1. The zero-order valence-corrected chi connectivity index (χ0v) is 13.5. The highest BCUT2D eigenvalue weighted by Crippen LogP contribution is 2.39. The molecule has 1 aliphatic carbocycles. The molecular weight excluding hydrogens is 318 g/mol. The molecular formula is C17H20ClNO4. The summed E-state index contributed by atoms with van der Waals surface area (Å²) in [4.78, 5) is 23.1. The molecule has 2 atom stereocenters. The number of rotatable bonds is 5.